The third-order valence-corrected chi connectivity index (χ3v) is 1.56. The second-order valence-corrected chi connectivity index (χ2v) is 2.46. The maximum atomic E-state index is 5.22. The second kappa shape index (κ2) is 4.24. The van der Waals surface area contributed by atoms with Gasteiger partial charge in [-0.05, 0) is 18.6 Å². The molecule has 0 radical (unpaired) electrons. The van der Waals surface area contributed by atoms with E-state index in [0.29, 0.717) is 6.61 Å². The Morgan fingerprint density at radius 3 is 3.30 bits per heavy atom. The van der Waals surface area contributed by atoms with Crippen LogP contribution in [0.15, 0.2) is 11.4 Å². The first-order valence-electron chi connectivity index (χ1n) is 3.11. The lowest BCUT2D eigenvalue weighted by molar-refractivity contribution is 0.309. The minimum absolute atomic E-state index is 0.681. The van der Waals surface area contributed by atoms with Gasteiger partial charge in [0, 0.05) is 18.0 Å². The smallest absolute Gasteiger partial charge is 0.225 e. The Balaban J connectivity index is 2.15. The highest BCUT2D eigenvalue weighted by molar-refractivity contribution is 7.03. The maximum Gasteiger partial charge on any atom is 0.225 e. The molecule has 0 unspecified atom stereocenters. The van der Waals surface area contributed by atoms with E-state index in [1.807, 2.05) is 18.5 Å². The lowest BCUT2D eigenvalue weighted by Gasteiger charge is -1.99. The summed E-state index contributed by atoms with van der Waals surface area (Å²) in [4.78, 5) is 0. The molecule has 0 bridgehead atoms. The molecule has 1 rings (SSSR count). The first-order chi connectivity index (χ1) is 4.93. The van der Waals surface area contributed by atoms with Crippen LogP contribution in [0.1, 0.15) is 0 Å². The van der Waals surface area contributed by atoms with E-state index in [1.165, 1.54) is 11.5 Å². The van der Waals surface area contributed by atoms with Gasteiger partial charge in [0.05, 0.1) is 0 Å². The van der Waals surface area contributed by atoms with E-state index in [4.69, 9.17) is 4.74 Å². The van der Waals surface area contributed by atoms with Crippen LogP contribution in [0, 0.1) is 0 Å². The number of nitrogens with one attached hydrogen (secondary N) is 1. The van der Waals surface area contributed by atoms with Gasteiger partial charge in [-0.15, -0.1) is 0 Å². The van der Waals surface area contributed by atoms with Crippen molar-refractivity contribution in [1.82, 2.24) is 9.69 Å². The van der Waals surface area contributed by atoms with Crippen molar-refractivity contribution in [3.05, 3.63) is 11.4 Å². The van der Waals surface area contributed by atoms with Gasteiger partial charge in [-0.3, -0.25) is 0 Å². The molecule has 0 atom stereocenters. The zero-order valence-corrected chi connectivity index (χ0v) is 6.65. The fourth-order valence-electron chi connectivity index (χ4n) is 0.534. The van der Waals surface area contributed by atoms with Gasteiger partial charge in [0.1, 0.15) is 6.61 Å². The molecule has 0 aromatic carbocycles. The molecule has 4 heteroatoms. The minimum Gasteiger partial charge on any atom is -0.476 e. The maximum absolute atomic E-state index is 5.22. The van der Waals surface area contributed by atoms with Crippen LogP contribution in [0.3, 0.4) is 0 Å². The Labute approximate surface area is 64.2 Å². The highest BCUT2D eigenvalue weighted by Gasteiger charge is 1.91. The highest BCUT2D eigenvalue weighted by atomic mass is 32.1. The first kappa shape index (κ1) is 7.50. The number of likely N-dealkylation sites (N-methyl/N-ethyl adjacent to an activating group) is 1. The van der Waals surface area contributed by atoms with Crippen LogP contribution in [-0.2, 0) is 0 Å². The third kappa shape index (κ3) is 2.33. The van der Waals surface area contributed by atoms with Gasteiger partial charge in [-0.25, -0.2) is 0 Å². The number of ether oxygens (including phenoxy) is 1. The Kier molecular flexibility index (Phi) is 3.18. The highest BCUT2D eigenvalue weighted by Crippen LogP contribution is 2.07. The SMILES string of the molecule is CNCCOc1ccsn1. The zero-order chi connectivity index (χ0) is 7.23. The van der Waals surface area contributed by atoms with Crippen LogP contribution < -0.4 is 10.1 Å². The number of aromatic nitrogens is 1. The first-order valence-corrected chi connectivity index (χ1v) is 3.95. The van der Waals surface area contributed by atoms with Crippen LogP contribution in [0.25, 0.3) is 0 Å². The molecule has 0 spiro atoms. The van der Waals surface area contributed by atoms with Gasteiger partial charge in [0.2, 0.25) is 5.88 Å². The minimum atomic E-state index is 0.681. The van der Waals surface area contributed by atoms with Crippen LogP contribution >= 0.6 is 11.5 Å². The monoisotopic (exact) mass is 158 g/mol. The lowest BCUT2D eigenvalue weighted by Crippen LogP contribution is -2.15. The van der Waals surface area contributed by atoms with E-state index in [0.717, 1.165) is 12.4 Å². The van der Waals surface area contributed by atoms with E-state index >= 15 is 0 Å². The molecular weight excluding hydrogens is 148 g/mol. The van der Waals surface area contributed by atoms with E-state index in [-0.39, 0.29) is 0 Å². The summed E-state index contributed by atoms with van der Waals surface area (Å²) in [6.45, 7) is 1.54. The third-order valence-electron chi connectivity index (χ3n) is 1.02. The summed E-state index contributed by atoms with van der Waals surface area (Å²) in [5.41, 5.74) is 0. The number of rotatable bonds is 4. The zero-order valence-electron chi connectivity index (χ0n) is 5.83. The average molecular weight is 158 g/mol. The Morgan fingerprint density at radius 2 is 2.70 bits per heavy atom. The number of nitrogens with zero attached hydrogens (tertiary/aromatic N) is 1. The fraction of sp³-hybridized carbons (Fsp3) is 0.500. The molecular formula is C6H10N2OS. The van der Waals surface area contributed by atoms with Crippen molar-refractivity contribution in [2.24, 2.45) is 0 Å². The summed E-state index contributed by atoms with van der Waals surface area (Å²) in [6, 6.07) is 1.86. The van der Waals surface area contributed by atoms with E-state index in [9.17, 15) is 0 Å². The number of hydrogen-bond acceptors (Lipinski definition) is 4. The second-order valence-electron chi connectivity index (χ2n) is 1.79. The molecule has 0 aliphatic heterocycles. The lowest BCUT2D eigenvalue weighted by atomic mass is 10.6. The van der Waals surface area contributed by atoms with Crippen LogP contribution in [-0.4, -0.2) is 24.6 Å². The molecule has 0 aliphatic carbocycles. The largest absolute Gasteiger partial charge is 0.476 e. The van der Waals surface area contributed by atoms with Crippen molar-refractivity contribution in [2.45, 2.75) is 0 Å². The van der Waals surface area contributed by atoms with Crippen LogP contribution in [0.4, 0.5) is 0 Å². The Hall–Kier alpha value is -0.610. The van der Waals surface area contributed by atoms with Gasteiger partial charge in [0.25, 0.3) is 0 Å². The van der Waals surface area contributed by atoms with Crippen LogP contribution in [0.5, 0.6) is 5.88 Å². The molecule has 56 valence electrons. The molecule has 1 aromatic heterocycles. The van der Waals surface area contributed by atoms with Crippen molar-refractivity contribution in [3.8, 4) is 5.88 Å². The van der Waals surface area contributed by atoms with Crippen molar-refractivity contribution in [1.29, 1.82) is 0 Å². The summed E-state index contributed by atoms with van der Waals surface area (Å²) in [5, 5.41) is 4.88. The molecule has 0 saturated carbocycles. The predicted octanol–water partition coefficient (Wildman–Crippen LogP) is 0.741. The normalized spacial score (nSPS) is 9.70. The van der Waals surface area contributed by atoms with Crippen molar-refractivity contribution >= 4 is 11.5 Å². The summed E-state index contributed by atoms with van der Waals surface area (Å²) in [6.07, 6.45) is 0. The standard InChI is InChI=1S/C6H10N2OS/c1-7-3-4-9-6-2-5-10-8-6/h2,5,7H,3-4H2,1H3. The fourth-order valence-corrected chi connectivity index (χ4v) is 0.989. The average Bonchev–Trinajstić information content (AvgIpc) is 2.41. The summed E-state index contributed by atoms with van der Waals surface area (Å²) in [5.74, 6) is 0.722. The quantitative estimate of drug-likeness (QED) is 0.656. The molecule has 3 nitrogen and oxygen atoms in total. The van der Waals surface area contributed by atoms with Crippen molar-refractivity contribution < 1.29 is 4.74 Å². The van der Waals surface area contributed by atoms with Crippen molar-refractivity contribution in [2.75, 3.05) is 20.2 Å². The van der Waals surface area contributed by atoms with Gasteiger partial charge in [-0.2, -0.15) is 4.37 Å². The van der Waals surface area contributed by atoms with E-state index < -0.39 is 0 Å². The van der Waals surface area contributed by atoms with Gasteiger partial charge < -0.3 is 10.1 Å². The van der Waals surface area contributed by atoms with Crippen LogP contribution in [0.2, 0.25) is 0 Å². The van der Waals surface area contributed by atoms with E-state index in [2.05, 4.69) is 9.69 Å². The molecule has 0 amide bonds. The molecule has 10 heavy (non-hydrogen) atoms. The predicted molar refractivity (Wildman–Crippen MR) is 41.5 cm³/mol. The van der Waals surface area contributed by atoms with Gasteiger partial charge in [-0.1, -0.05) is 0 Å². The summed E-state index contributed by atoms with van der Waals surface area (Å²) in [7, 11) is 1.89. The topological polar surface area (TPSA) is 34.1 Å². The molecule has 1 heterocycles. The Morgan fingerprint density at radius 1 is 1.80 bits per heavy atom. The molecule has 0 aliphatic rings. The molecule has 1 aromatic rings. The molecule has 0 fully saturated rings. The van der Waals surface area contributed by atoms with Gasteiger partial charge >= 0.3 is 0 Å². The Bertz CT molecular complexity index is 164. The summed E-state index contributed by atoms with van der Waals surface area (Å²) >= 11 is 1.40. The van der Waals surface area contributed by atoms with E-state index in [1.54, 1.807) is 0 Å². The number of hydrogen-bond donors (Lipinski definition) is 1. The van der Waals surface area contributed by atoms with Gasteiger partial charge in [0.15, 0.2) is 0 Å². The molecule has 0 saturated heterocycles. The summed E-state index contributed by atoms with van der Waals surface area (Å²) < 4.78 is 9.20. The molecule has 1 N–H and O–H groups in total. The van der Waals surface area contributed by atoms with Crippen molar-refractivity contribution in [3.63, 3.8) is 0 Å².